The third-order valence-corrected chi connectivity index (χ3v) is 4.02. The van der Waals surface area contributed by atoms with Crippen LogP contribution in [0, 0.1) is 6.92 Å². The van der Waals surface area contributed by atoms with Crippen LogP contribution >= 0.6 is 0 Å². The molecule has 0 aliphatic heterocycles. The molecule has 1 aromatic heterocycles. The van der Waals surface area contributed by atoms with Gasteiger partial charge in [0.2, 0.25) is 0 Å². The summed E-state index contributed by atoms with van der Waals surface area (Å²) in [4.78, 5) is 12.8. The molecule has 0 aliphatic carbocycles. The number of anilines is 1. The van der Waals surface area contributed by atoms with Gasteiger partial charge in [0.25, 0.3) is 5.56 Å². The lowest BCUT2D eigenvalue weighted by molar-refractivity contribution is 0.626. The van der Waals surface area contributed by atoms with Crippen LogP contribution in [-0.2, 0) is 0 Å². The molecule has 3 rings (SSSR count). The number of nitrogen functional groups attached to an aromatic ring is 1. The Kier molecular flexibility index (Phi) is 3.26. The maximum Gasteiger partial charge on any atom is 0.260 e. The van der Waals surface area contributed by atoms with Crippen molar-refractivity contribution in [1.82, 2.24) is 4.57 Å². The lowest BCUT2D eigenvalue weighted by Gasteiger charge is -2.20. The van der Waals surface area contributed by atoms with Crippen molar-refractivity contribution in [1.29, 1.82) is 0 Å². The number of pyridine rings is 1. The van der Waals surface area contributed by atoms with E-state index in [1.807, 2.05) is 68.4 Å². The number of aromatic nitrogens is 1. The van der Waals surface area contributed by atoms with Crippen molar-refractivity contribution in [3.8, 4) is 0 Å². The van der Waals surface area contributed by atoms with E-state index in [0.29, 0.717) is 11.2 Å². The van der Waals surface area contributed by atoms with Crippen LogP contribution in [0.3, 0.4) is 0 Å². The maximum absolute atomic E-state index is 12.8. The van der Waals surface area contributed by atoms with E-state index in [1.54, 1.807) is 4.57 Å². The second kappa shape index (κ2) is 5.09. The summed E-state index contributed by atoms with van der Waals surface area (Å²) in [5.41, 5.74) is 8.37. The molecule has 0 radical (unpaired) electrons. The van der Waals surface area contributed by atoms with Crippen molar-refractivity contribution in [2.45, 2.75) is 19.9 Å². The Bertz CT molecular complexity index is 864. The summed E-state index contributed by atoms with van der Waals surface area (Å²) >= 11 is 0. The molecule has 3 aromatic rings. The van der Waals surface area contributed by atoms with Gasteiger partial charge < -0.3 is 5.73 Å². The van der Waals surface area contributed by atoms with E-state index >= 15 is 0 Å². The SMILES string of the molecule is Cc1ccccc1C(C)n1c(N)cc2ccccc2c1=O. The van der Waals surface area contributed by atoms with Gasteiger partial charge >= 0.3 is 0 Å². The highest BCUT2D eigenvalue weighted by Gasteiger charge is 2.15. The van der Waals surface area contributed by atoms with E-state index in [0.717, 1.165) is 16.5 Å². The van der Waals surface area contributed by atoms with Crippen LogP contribution in [0.4, 0.5) is 5.82 Å². The Balaban J connectivity index is 2.26. The molecule has 2 aromatic carbocycles. The zero-order valence-corrected chi connectivity index (χ0v) is 12.2. The van der Waals surface area contributed by atoms with Crippen molar-refractivity contribution in [3.63, 3.8) is 0 Å². The molecule has 0 saturated carbocycles. The Hall–Kier alpha value is -2.55. The quantitative estimate of drug-likeness (QED) is 0.780. The molecule has 0 bridgehead atoms. The average molecular weight is 278 g/mol. The van der Waals surface area contributed by atoms with Crippen LogP contribution in [0.5, 0.6) is 0 Å². The molecule has 0 aliphatic rings. The molecule has 21 heavy (non-hydrogen) atoms. The smallest absolute Gasteiger partial charge is 0.260 e. The van der Waals surface area contributed by atoms with Gasteiger partial charge in [-0.05, 0) is 42.5 Å². The Morgan fingerprint density at radius 1 is 1.05 bits per heavy atom. The fraction of sp³-hybridized carbons (Fsp3) is 0.167. The number of fused-ring (bicyclic) bond motifs is 1. The number of nitrogens with zero attached hydrogens (tertiary/aromatic N) is 1. The fourth-order valence-corrected chi connectivity index (χ4v) is 2.89. The molecular weight excluding hydrogens is 260 g/mol. The van der Waals surface area contributed by atoms with Crippen LogP contribution in [0.2, 0.25) is 0 Å². The van der Waals surface area contributed by atoms with Gasteiger partial charge in [-0.3, -0.25) is 9.36 Å². The maximum atomic E-state index is 12.8. The van der Waals surface area contributed by atoms with E-state index in [2.05, 4.69) is 0 Å². The first-order chi connectivity index (χ1) is 10.1. The van der Waals surface area contributed by atoms with E-state index in [-0.39, 0.29) is 11.6 Å². The molecule has 1 heterocycles. The lowest BCUT2D eigenvalue weighted by atomic mass is 10.0. The Morgan fingerprint density at radius 2 is 1.71 bits per heavy atom. The molecule has 1 atom stereocenters. The molecule has 3 nitrogen and oxygen atoms in total. The standard InChI is InChI=1S/C18H18N2O/c1-12-7-3-5-9-15(12)13(2)20-17(19)11-14-8-4-6-10-16(14)18(20)21/h3-11,13H,19H2,1-2H3. The molecular formula is C18H18N2O. The summed E-state index contributed by atoms with van der Waals surface area (Å²) in [5, 5.41) is 1.58. The number of hydrogen-bond donors (Lipinski definition) is 1. The molecule has 106 valence electrons. The van der Waals surface area contributed by atoms with E-state index in [9.17, 15) is 4.79 Å². The Labute approximate surface area is 123 Å². The fourth-order valence-electron chi connectivity index (χ4n) is 2.89. The number of benzene rings is 2. The summed E-state index contributed by atoms with van der Waals surface area (Å²) < 4.78 is 1.67. The summed E-state index contributed by atoms with van der Waals surface area (Å²) in [7, 11) is 0. The monoisotopic (exact) mass is 278 g/mol. The molecule has 2 N–H and O–H groups in total. The molecule has 0 spiro atoms. The minimum atomic E-state index is -0.0942. The summed E-state index contributed by atoms with van der Waals surface area (Å²) in [6.07, 6.45) is 0. The minimum Gasteiger partial charge on any atom is -0.385 e. The minimum absolute atomic E-state index is 0.0404. The lowest BCUT2D eigenvalue weighted by Crippen LogP contribution is -2.26. The first kappa shape index (κ1) is 13.4. The number of aryl methyl sites for hydroxylation is 1. The first-order valence-electron chi connectivity index (χ1n) is 7.05. The van der Waals surface area contributed by atoms with Gasteiger partial charge in [0.05, 0.1) is 6.04 Å². The summed E-state index contributed by atoms with van der Waals surface area (Å²) in [6, 6.07) is 17.4. The van der Waals surface area contributed by atoms with E-state index < -0.39 is 0 Å². The van der Waals surface area contributed by atoms with Gasteiger partial charge in [-0.15, -0.1) is 0 Å². The predicted molar refractivity (Wildman–Crippen MR) is 87.6 cm³/mol. The zero-order chi connectivity index (χ0) is 15.0. The third kappa shape index (κ3) is 2.21. The van der Waals surface area contributed by atoms with Crippen molar-refractivity contribution < 1.29 is 0 Å². The molecule has 0 amide bonds. The molecule has 1 unspecified atom stereocenters. The van der Waals surface area contributed by atoms with Crippen LogP contribution in [0.15, 0.2) is 59.4 Å². The van der Waals surface area contributed by atoms with Gasteiger partial charge in [0, 0.05) is 5.39 Å². The Morgan fingerprint density at radius 3 is 2.48 bits per heavy atom. The van der Waals surface area contributed by atoms with Crippen molar-refractivity contribution in [2.75, 3.05) is 5.73 Å². The number of hydrogen-bond acceptors (Lipinski definition) is 2. The van der Waals surface area contributed by atoms with Crippen LogP contribution in [-0.4, -0.2) is 4.57 Å². The normalized spacial score (nSPS) is 12.5. The van der Waals surface area contributed by atoms with Crippen molar-refractivity contribution in [2.24, 2.45) is 0 Å². The summed E-state index contributed by atoms with van der Waals surface area (Å²) in [5.74, 6) is 0.495. The highest BCUT2D eigenvalue weighted by molar-refractivity contribution is 5.83. The van der Waals surface area contributed by atoms with E-state index in [1.165, 1.54) is 0 Å². The highest BCUT2D eigenvalue weighted by Crippen LogP contribution is 2.24. The van der Waals surface area contributed by atoms with Gasteiger partial charge in [0.15, 0.2) is 0 Å². The second-order valence-electron chi connectivity index (χ2n) is 5.36. The topological polar surface area (TPSA) is 48.0 Å². The zero-order valence-electron chi connectivity index (χ0n) is 12.2. The van der Waals surface area contributed by atoms with Crippen LogP contribution < -0.4 is 11.3 Å². The number of nitrogens with two attached hydrogens (primary N) is 1. The third-order valence-electron chi connectivity index (χ3n) is 4.02. The second-order valence-corrected chi connectivity index (χ2v) is 5.36. The molecule has 0 fully saturated rings. The largest absolute Gasteiger partial charge is 0.385 e. The summed E-state index contributed by atoms with van der Waals surface area (Å²) in [6.45, 7) is 4.06. The predicted octanol–water partition coefficient (Wildman–Crippen LogP) is 3.50. The van der Waals surface area contributed by atoms with E-state index in [4.69, 9.17) is 5.73 Å². The van der Waals surface area contributed by atoms with Crippen molar-refractivity contribution in [3.05, 3.63) is 76.1 Å². The highest BCUT2D eigenvalue weighted by atomic mass is 16.1. The van der Waals surface area contributed by atoms with Gasteiger partial charge in [-0.2, -0.15) is 0 Å². The molecule has 0 saturated heterocycles. The van der Waals surface area contributed by atoms with Crippen LogP contribution in [0.25, 0.3) is 10.8 Å². The molecule has 3 heteroatoms. The van der Waals surface area contributed by atoms with Gasteiger partial charge in [-0.1, -0.05) is 42.5 Å². The average Bonchev–Trinajstić information content (AvgIpc) is 2.47. The van der Waals surface area contributed by atoms with Crippen LogP contribution in [0.1, 0.15) is 24.1 Å². The first-order valence-corrected chi connectivity index (χ1v) is 7.05. The van der Waals surface area contributed by atoms with Gasteiger partial charge in [-0.25, -0.2) is 0 Å². The van der Waals surface area contributed by atoms with Crippen molar-refractivity contribution >= 4 is 16.6 Å². The van der Waals surface area contributed by atoms with Gasteiger partial charge in [0.1, 0.15) is 5.82 Å². The number of rotatable bonds is 2.